The summed E-state index contributed by atoms with van der Waals surface area (Å²) in [7, 11) is -3.77. The van der Waals surface area contributed by atoms with Gasteiger partial charge < -0.3 is 0 Å². The highest BCUT2D eigenvalue weighted by Gasteiger charge is 2.17. The summed E-state index contributed by atoms with van der Waals surface area (Å²) in [6.07, 6.45) is 5.55. The van der Waals surface area contributed by atoms with Gasteiger partial charge in [-0.1, -0.05) is 18.2 Å². The van der Waals surface area contributed by atoms with Crippen LogP contribution >= 0.6 is 0 Å². The van der Waals surface area contributed by atoms with Gasteiger partial charge in [-0.3, -0.25) is 14.7 Å². The molecule has 0 aliphatic carbocycles. The second-order valence-corrected chi connectivity index (χ2v) is 5.66. The average molecular weight is 286 g/mol. The maximum atomic E-state index is 12.2. The van der Waals surface area contributed by atoms with Crippen molar-refractivity contribution in [2.45, 2.75) is 5.03 Å². The molecular weight excluding hydrogens is 276 g/mol. The Kier molecular flexibility index (Phi) is 3.03. The van der Waals surface area contributed by atoms with Crippen LogP contribution in [-0.2, 0) is 10.0 Å². The number of para-hydroxylation sites is 1. The summed E-state index contributed by atoms with van der Waals surface area (Å²) in [6, 6.07) is 8.94. The molecule has 0 radical (unpaired) electrons. The smallest absolute Gasteiger partial charge is 0.276 e. The van der Waals surface area contributed by atoms with Gasteiger partial charge in [-0.15, -0.1) is 0 Å². The standard InChI is InChI=1S/C13H10N4O2S/c18-20(19,12-9-14-7-8-15-12)17-11-5-1-3-10-4-2-6-16-13(10)11/h1-9,17H. The summed E-state index contributed by atoms with van der Waals surface area (Å²) >= 11 is 0. The van der Waals surface area contributed by atoms with E-state index in [0.717, 1.165) is 5.39 Å². The Balaban J connectivity index is 2.06. The third-order valence-corrected chi connectivity index (χ3v) is 3.94. The molecule has 0 saturated carbocycles. The van der Waals surface area contributed by atoms with Crippen molar-refractivity contribution in [3.63, 3.8) is 0 Å². The largest absolute Gasteiger partial charge is 0.281 e. The molecule has 3 rings (SSSR count). The van der Waals surface area contributed by atoms with Crippen LogP contribution < -0.4 is 4.72 Å². The SMILES string of the molecule is O=S(=O)(Nc1cccc2cccnc12)c1cnccn1. The van der Waals surface area contributed by atoms with Crippen molar-refractivity contribution in [3.05, 3.63) is 55.1 Å². The van der Waals surface area contributed by atoms with Crippen molar-refractivity contribution in [3.8, 4) is 0 Å². The van der Waals surface area contributed by atoms with E-state index in [1.54, 1.807) is 24.4 Å². The molecule has 0 aliphatic rings. The number of aromatic nitrogens is 3. The molecule has 0 amide bonds. The van der Waals surface area contributed by atoms with E-state index in [-0.39, 0.29) is 5.03 Å². The molecule has 6 nitrogen and oxygen atoms in total. The first-order chi connectivity index (χ1) is 9.67. The van der Waals surface area contributed by atoms with Crippen LogP contribution in [0.25, 0.3) is 10.9 Å². The maximum Gasteiger partial charge on any atom is 0.281 e. The Labute approximate surface area is 115 Å². The van der Waals surface area contributed by atoms with Gasteiger partial charge >= 0.3 is 0 Å². The van der Waals surface area contributed by atoms with Gasteiger partial charge in [0, 0.05) is 24.0 Å². The third-order valence-electron chi connectivity index (χ3n) is 2.69. The van der Waals surface area contributed by atoms with Crippen LogP contribution in [0, 0.1) is 0 Å². The lowest BCUT2D eigenvalue weighted by Crippen LogP contribution is -2.15. The van der Waals surface area contributed by atoms with E-state index in [4.69, 9.17) is 0 Å². The van der Waals surface area contributed by atoms with Gasteiger partial charge in [0.1, 0.15) is 0 Å². The fourth-order valence-electron chi connectivity index (χ4n) is 1.81. The first-order valence-electron chi connectivity index (χ1n) is 5.79. The predicted molar refractivity (Wildman–Crippen MR) is 74.6 cm³/mol. The highest BCUT2D eigenvalue weighted by Crippen LogP contribution is 2.22. The van der Waals surface area contributed by atoms with E-state index in [1.165, 1.54) is 18.6 Å². The number of benzene rings is 1. The number of nitrogens with zero attached hydrogens (tertiary/aromatic N) is 3. The molecule has 0 bridgehead atoms. The predicted octanol–water partition coefficient (Wildman–Crippen LogP) is 1.83. The van der Waals surface area contributed by atoms with Gasteiger partial charge in [0.2, 0.25) is 0 Å². The molecule has 1 N–H and O–H groups in total. The van der Waals surface area contributed by atoms with E-state index in [0.29, 0.717) is 11.2 Å². The molecule has 3 aromatic rings. The molecule has 0 aliphatic heterocycles. The van der Waals surface area contributed by atoms with Gasteiger partial charge in [0.25, 0.3) is 10.0 Å². The van der Waals surface area contributed by atoms with Crippen LogP contribution in [0.2, 0.25) is 0 Å². The van der Waals surface area contributed by atoms with Gasteiger partial charge in [-0.05, 0) is 12.1 Å². The average Bonchev–Trinajstić information content (AvgIpc) is 2.48. The molecule has 0 spiro atoms. The van der Waals surface area contributed by atoms with Crippen molar-refractivity contribution in [1.82, 2.24) is 15.0 Å². The van der Waals surface area contributed by atoms with Gasteiger partial charge in [-0.2, -0.15) is 8.42 Å². The Hall–Kier alpha value is -2.54. The summed E-state index contributed by atoms with van der Waals surface area (Å²) in [5.74, 6) is 0. The van der Waals surface area contributed by atoms with Crippen LogP contribution in [0.15, 0.2) is 60.1 Å². The number of hydrogen-bond acceptors (Lipinski definition) is 5. The number of rotatable bonds is 3. The minimum atomic E-state index is -3.77. The summed E-state index contributed by atoms with van der Waals surface area (Å²) in [5.41, 5.74) is 0.996. The number of pyridine rings is 1. The zero-order valence-corrected chi connectivity index (χ0v) is 11.1. The molecule has 7 heteroatoms. The Morgan fingerprint density at radius 3 is 2.60 bits per heavy atom. The van der Waals surface area contributed by atoms with Crippen molar-refractivity contribution in [2.24, 2.45) is 0 Å². The Bertz CT molecular complexity index is 845. The fraction of sp³-hybridized carbons (Fsp3) is 0. The van der Waals surface area contributed by atoms with Crippen LogP contribution in [0.3, 0.4) is 0 Å². The second-order valence-electron chi connectivity index (χ2n) is 4.03. The Morgan fingerprint density at radius 1 is 0.950 bits per heavy atom. The van der Waals surface area contributed by atoms with Crippen molar-refractivity contribution < 1.29 is 8.42 Å². The second kappa shape index (κ2) is 4.86. The molecule has 2 heterocycles. The molecule has 0 fully saturated rings. The summed E-state index contributed by atoms with van der Waals surface area (Å²) < 4.78 is 26.9. The summed E-state index contributed by atoms with van der Waals surface area (Å²) in [4.78, 5) is 11.7. The van der Waals surface area contributed by atoms with E-state index in [9.17, 15) is 8.42 Å². The maximum absolute atomic E-state index is 12.2. The highest BCUT2D eigenvalue weighted by atomic mass is 32.2. The number of sulfonamides is 1. The molecule has 20 heavy (non-hydrogen) atoms. The van der Waals surface area contributed by atoms with Crippen LogP contribution in [0.4, 0.5) is 5.69 Å². The molecule has 0 saturated heterocycles. The van der Waals surface area contributed by atoms with Crippen molar-refractivity contribution in [1.29, 1.82) is 0 Å². The molecule has 100 valence electrons. The molecule has 1 aromatic carbocycles. The monoisotopic (exact) mass is 286 g/mol. The highest BCUT2D eigenvalue weighted by molar-refractivity contribution is 7.92. The first kappa shape index (κ1) is 12.5. The minimum Gasteiger partial charge on any atom is -0.276 e. The summed E-state index contributed by atoms with van der Waals surface area (Å²) in [6.45, 7) is 0. The number of fused-ring (bicyclic) bond motifs is 1. The summed E-state index contributed by atoms with van der Waals surface area (Å²) in [5, 5.41) is 0.722. The third kappa shape index (κ3) is 2.30. The van der Waals surface area contributed by atoms with Crippen molar-refractivity contribution in [2.75, 3.05) is 4.72 Å². The lowest BCUT2D eigenvalue weighted by molar-refractivity contribution is 0.597. The van der Waals surface area contributed by atoms with Gasteiger partial charge in [0.05, 0.1) is 17.4 Å². The quantitative estimate of drug-likeness (QED) is 0.794. The van der Waals surface area contributed by atoms with E-state index < -0.39 is 10.0 Å². The Morgan fingerprint density at radius 2 is 1.80 bits per heavy atom. The normalized spacial score (nSPS) is 11.4. The van der Waals surface area contributed by atoms with Crippen molar-refractivity contribution >= 4 is 26.6 Å². The number of hydrogen-bond donors (Lipinski definition) is 1. The molecular formula is C13H10N4O2S. The van der Waals surface area contributed by atoms with E-state index >= 15 is 0 Å². The topological polar surface area (TPSA) is 84.8 Å². The van der Waals surface area contributed by atoms with Gasteiger partial charge in [0.15, 0.2) is 5.03 Å². The molecule has 0 atom stereocenters. The van der Waals surface area contributed by atoms with Gasteiger partial charge in [-0.25, -0.2) is 4.98 Å². The minimum absolute atomic E-state index is 0.132. The van der Waals surface area contributed by atoms with Crippen LogP contribution in [0.1, 0.15) is 0 Å². The van der Waals surface area contributed by atoms with E-state index in [1.807, 2.05) is 12.1 Å². The number of nitrogens with one attached hydrogen (secondary N) is 1. The lowest BCUT2D eigenvalue weighted by Gasteiger charge is -2.08. The zero-order chi connectivity index (χ0) is 14.0. The zero-order valence-electron chi connectivity index (χ0n) is 10.3. The van der Waals surface area contributed by atoms with E-state index in [2.05, 4.69) is 19.7 Å². The fourth-order valence-corrected chi connectivity index (χ4v) is 2.77. The number of anilines is 1. The first-order valence-corrected chi connectivity index (χ1v) is 7.28. The van der Waals surface area contributed by atoms with Crippen LogP contribution in [0.5, 0.6) is 0 Å². The lowest BCUT2D eigenvalue weighted by atomic mass is 10.2. The molecule has 2 aromatic heterocycles. The molecule has 0 unspecified atom stereocenters. The van der Waals surface area contributed by atoms with Crippen LogP contribution in [-0.4, -0.2) is 23.4 Å².